The Morgan fingerprint density at radius 3 is 2.42 bits per heavy atom. The summed E-state index contributed by atoms with van der Waals surface area (Å²) in [5, 5.41) is 8.28. The minimum Gasteiger partial charge on any atom is -0.378 e. The van der Waals surface area contributed by atoms with Crippen molar-refractivity contribution in [3.63, 3.8) is 0 Å². The van der Waals surface area contributed by atoms with Crippen molar-refractivity contribution in [3.8, 4) is 23.0 Å². The summed E-state index contributed by atoms with van der Waals surface area (Å²) in [4.78, 5) is 31.4. The maximum Gasteiger partial charge on any atom is 0.397 e. The predicted octanol–water partition coefficient (Wildman–Crippen LogP) is 4.32. The van der Waals surface area contributed by atoms with Gasteiger partial charge in [-0.05, 0) is 43.2 Å². The lowest BCUT2D eigenvalue weighted by atomic mass is 9.83. The number of morpholine rings is 1. The first kappa shape index (κ1) is 27.3. The molecule has 0 aliphatic carbocycles. The standard InChI is InChI=1S/C28H26F3N5O4/c1-27(2,28(29,30)31)21-8-6-19(7-9-21)24-32-25(40-34-24)22-10-11-23(37)36(33-22)17-18-4-3-5-20(16-18)26(38)35-12-14-39-15-13-35/h3-11,16H,12-15,17H2,1-2H3. The number of alkyl halides is 3. The minimum absolute atomic E-state index is 0.0414. The van der Waals surface area contributed by atoms with Crippen LogP contribution in [0.4, 0.5) is 13.2 Å². The smallest absolute Gasteiger partial charge is 0.378 e. The van der Waals surface area contributed by atoms with Gasteiger partial charge in [-0.25, -0.2) is 4.68 Å². The molecule has 1 amide bonds. The number of carbonyl (C=O) groups is 1. The maximum atomic E-state index is 13.4. The lowest BCUT2D eigenvalue weighted by Crippen LogP contribution is -2.40. The fraction of sp³-hybridized carbons (Fsp3) is 0.321. The molecule has 1 fully saturated rings. The Balaban J connectivity index is 1.34. The van der Waals surface area contributed by atoms with E-state index < -0.39 is 11.6 Å². The van der Waals surface area contributed by atoms with Crippen LogP contribution in [-0.2, 0) is 16.7 Å². The van der Waals surface area contributed by atoms with Crippen LogP contribution >= 0.6 is 0 Å². The van der Waals surface area contributed by atoms with E-state index in [2.05, 4.69) is 15.2 Å². The van der Waals surface area contributed by atoms with Crippen molar-refractivity contribution in [1.29, 1.82) is 0 Å². The van der Waals surface area contributed by atoms with Crippen LogP contribution in [0.15, 0.2) is 70.0 Å². The van der Waals surface area contributed by atoms with E-state index in [0.29, 0.717) is 43.0 Å². The Morgan fingerprint density at radius 2 is 1.73 bits per heavy atom. The van der Waals surface area contributed by atoms with Crippen molar-refractivity contribution in [2.24, 2.45) is 0 Å². The second-order valence-electron chi connectivity index (χ2n) is 9.94. The molecule has 3 heterocycles. The fourth-order valence-electron chi connectivity index (χ4n) is 4.25. The van der Waals surface area contributed by atoms with Crippen LogP contribution in [0.25, 0.3) is 23.0 Å². The summed E-state index contributed by atoms with van der Waals surface area (Å²) < 4.78 is 52.0. The summed E-state index contributed by atoms with van der Waals surface area (Å²) in [5.41, 5.74) is -0.344. The highest BCUT2D eigenvalue weighted by atomic mass is 19.4. The Morgan fingerprint density at radius 1 is 1.00 bits per heavy atom. The molecule has 208 valence electrons. The molecule has 1 aliphatic heterocycles. The topological polar surface area (TPSA) is 103 Å². The van der Waals surface area contributed by atoms with Gasteiger partial charge < -0.3 is 14.2 Å². The Kier molecular flexibility index (Phi) is 7.28. The lowest BCUT2D eigenvalue weighted by Gasteiger charge is -2.28. The third-order valence-electron chi connectivity index (χ3n) is 6.89. The molecule has 2 aromatic heterocycles. The summed E-state index contributed by atoms with van der Waals surface area (Å²) >= 11 is 0. The zero-order chi connectivity index (χ0) is 28.5. The van der Waals surface area contributed by atoms with Crippen molar-refractivity contribution < 1.29 is 27.2 Å². The number of aromatic nitrogens is 4. The van der Waals surface area contributed by atoms with Crippen LogP contribution in [0.3, 0.4) is 0 Å². The van der Waals surface area contributed by atoms with E-state index in [1.54, 1.807) is 29.2 Å². The minimum atomic E-state index is -4.40. The second-order valence-corrected chi connectivity index (χ2v) is 9.94. The summed E-state index contributed by atoms with van der Waals surface area (Å²) in [6, 6.07) is 15.5. The Bertz CT molecular complexity index is 1570. The molecular formula is C28H26F3N5O4. The van der Waals surface area contributed by atoms with E-state index in [1.165, 1.54) is 41.1 Å². The molecular weight excluding hydrogens is 527 g/mol. The summed E-state index contributed by atoms with van der Waals surface area (Å²) in [5.74, 6) is 0.104. The van der Waals surface area contributed by atoms with Gasteiger partial charge in [-0.2, -0.15) is 23.3 Å². The van der Waals surface area contributed by atoms with Gasteiger partial charge in [0.05, 0.1) is 25.2 Å². The highest BCUT2D eigenvalue weighted by molar-refractivity contribution is 5.94. The second kappa shape index (κ2) is 10.7. The Labute approximate surface area is 227 Å². The van der Waals surface area contributed by atoms with Gasteiger partial charge in [-0.15, -0.1) is 0 Å². The molecule has 4 aromatic rings. The number of hydrogen-bond donors (Lipinski definition) is 0. The molecule has 0 unspecified atom stereocenters. The van der Waals surface area contributed by atoms with E-state index in [-0.39, 0.29) is 41.0 Å². The number of nitrogens with zero attached hydrogens (tertiary/aromatic N) is 5. The van der Waals surface area contributed by atoms with Crippen LogP contribution in [0.2, 0.25) is 0 Å². The number of amides is 1. The first-order chi connectivity index (χ1) is 19.0. The highest BCUT2D eigenvalue weighted by Gasteiger charge is 2.48. The van der Waals surface area contributed by atoms with Crippen LogP contribution in [0.5, 0.6) is 0 Å². The molecule has 0 radical (unpaired) electrons. The zero-order valence-electron chi connectivity index (χ0n) is 21.8. The molecule has 2 aromatic carbocycles. The molecule has 12 heteroatoms. The van der Waals surface area contributed by atoms with Crippen LogP contribution in [0.1, 0.15) is 35.3 Å². The first-order valence-electron chi connectivity index (χ1n) is 12.6. The van der Waals surface area contributed by atoms with Gasteiger partial charge in [-0.1, -0.05) is 41.6 Å². The van der Waals surface area contributed by atoms with E-state index >= 15 is 0 Å². The van der Waals surface area contributed by atoms with Crippen molar-refractivity contribution in [1.82, 2.24) is 24.8 Å². The van der Waals surface area contributed by atoms with Gasteiger partial charge >= 0.3 is 6.18 Å². The molecule has 0 spiro atoms. The number of rotatable bonds is 6. The van der Waals surface area contributed by atoms with Crippen molar-refractivity contribution in [2.75, 3.05) is 26.3 Å². The number of halogens is 3. The third kappa shape index (κ3) is 5.53. The summed E-state index contributed by atoms with van der Waals surface area (Å²) in [6.07, 6.45) is -4.40. The van der Waals surface area contributed by atoms with Crippen molar-refractivity contribution in [3.05, 3.63) is 87.7 Å². The lowest BCUT2D eigenvalue weighted by molar-refractivity contribution is -0.180. The zero-order valence-corrected chi connectivity index (χ0v) is 21.8. The normalized spacial score (nSPS) is 14.4. The monoisotopic (exact) mass is 553 g/mol. The molecule has 5 rings (SSSR count). The number of ether oxygens (including phenoxy) is 1. The van der Waals surface area contributed by atoms with Gasteiger partial charge in [0, 0.05) is 30.3 Å². The van der Waals surface area contributed by atoms with Gasteiger partial charge in [0.1, 0.15) is 5.69 Å². The Hall–Kier alpha value is -4.32. The molecule has 0 saturated carbocycles. The predicted molar refractivity (Wildman–Crippen MR) is 139 cm³/mol. The molecule has 40 heavy (non-hydrogen) atoms. The van der Waals surface area contributed by atoms with Crippen molar-refractivity contribution in [2.45, 2.75) is 32.0 Å². The molecule has 1 saturated heterocycles. The van der Waals surface area contributed by atoms with Crippen LogP contribution in [-0.4, -0.2) is 63.2 Å². The number of carbonyl (C=O) groups excluding carboxylic acids is 1. The number of benzene rings is 2. The number of hydrogen-bond acceptors (Lipinski definition) is 7. The quantitative estimate of drug-likeness (QED) is 0.350. The molecule has 0 atom stereocenters. The third-order valence-corrected chi connectivity index (χ3v) is 6.89. The summed E-state index contributed by atoms with van der Waals surface area (Å²) in [6.45, 7) is 4.38. The van der Waals surface area contributed by atoms with E-state index in [1.807, 2.05) is 0 Å². The van der Waals surface area contributed by atoms with Crippen LogP contribution in [0, 0.1) is 0 Å². The molecule has 0 N–H and O–H groups in total. The van der Waals surface area contributed by atoms with E-state index in [4.69, 9.17) is 9.26 Å². The van der Waals surface area contributed by atoms with Gasteiger partial charge in [0.15, 0.2) is 0 Å². The molecule has 9 nitrogen and oxygen atoms in total. The molecule has 0 bridgehead atoms. The first-order valence-corrected chi connectivity index (χ1v) is 12.6. The fourth-order valence-corrected chi connectivity index (χ4v) is 4.25. The van der Waals surface area contributed by atoms with E-state index in [0.717, 1.165) is 13.8 Å². The van der Waals surface area contributed by atoms with Crippen molar-refractivity contribution >= 4 is 5.91 Å². The summed E-state index contributed by atoms with van der Waals surface area (Å²) in [7, 11) is 0. The van der Waals surface area contributed by atoms with E-state index in [9.17, 15) is 22.8 Å². The SMILES string of the molecule is CC(C)(c1ccc(-c2noc(-c3ccc(=O)n(Cc4cccc(C(=O)N5CCOCC5)c4)n3)n2)cc1)C(F)(F)F. The van der Waals surface area contributed by atoms with Crippen LogP contribution < -0.4 is 5.56 Å². The highest BCUT2D eigenvalue weighted by Crippen LogP contribution is 2.40. The van der Waals surface area contributed by atoms with Gasteiger partial charge in [0.2, 0.25) is 5.82 Å². The largest absolute Gasteiger partial charge is 0.397 e. The van der Waals surface area contributed by atoms with Gasteiger partial charge in [-0.3, -0.25) is 9.59 Å². The average Bonchev–Trinajstić information content (AvgIpc) is 3.44. The maximum absolute atomic E-state index is 13.4. The molecule has 1 aliphatic rings. The average molecular weight is 554 g/mol. The van der Waals surface area contributed by atoms with Gasteiger partial charge in [0.25, 0.3) is 17.4 Å².